The number of carbonyl (C=O) groups is 2. The minimum absolute atomic E-state index is 0.0578. The van der Waals surface area contributed by atoms with E-state index in [2.05, 4.69) is 4.98 Å². The lowest BCUT2D eigenvalue weighted by Crippen LogP contribution is -2.51. The molecule has 1 N–H and O–H groups in total. The fourth-order valence-corrected chi connectivity index (χ4v) is 4.14. The Morgan fingerprint density at radius 2 is 2.16 bits per heavy atom. The molecule has 2 saturated heterocycles. The molecule has 3 heterocycles. The van der Waals surface area contributed by atoms with Gasteiger partial charge in [0.05, 0.1) is 12.1 Å². The van der Waals surface area contributed by atoms with Crippen molar-refractivity contribution < 1.29 is 23.8 Å². The van der Waals surface area contributed by atoms with Crippen LogP contribution in [-0.2, 0) is 14.3 Å². The first-order chi connectivity index (χ1) is 11.9. The van der Waals surface area contributed by atoms with Crippen molar-refractivity contribution in [1.29, 1.82) is 0 Å². The Morgan fingerprint density at radius 3 is 2.80 bits per heavy atom. The summed E-state index contributed by atoms with van der Waals surface area (Å²) in [6.45, 7) is 3.31. The van der Waals surface area contributed by atoms with Crippen LogP contribution in [0.5, 0.6) is 0 Å². The van der Waals surface area contributed by atoms with Crippen molar-refractivity contribution in [2.75, 3.05) is 19.8 Å². The first kappa shape index (κ1) is 17.8. The van der Waals surface area contributed by atoms with E-state index in [1.807, 2.05) is 4.90 Å². The second-order valence-corrected chi connectivity index (χ2v) is 7.11. The molecule has 6 nitrogen and oxygen atoms in total. The Hall–Kier alpha value is -2.02. The van der Waals surface area contributed by atoms with Gasteiger partial charge in [-0.1, -0.05) is 0 Å². The summed E-state index contributed by atoms with van der Waals surface area (Å²) in [4.78, 5) is 29.9. The lowest BCUT2D eigenvalue weighted by Gasteiger charge is -2.42. The molecular weight excluding hydrogens is 327 g/mol. The minimum Gasteiger partial charge on any atom is -0.481 e. The van der Waals surface area contributed by atoms with Crippen LogP contribution in [0, 0.1) is 11.7 Å². The molecule has 1 spiro atoms. The Balaban J connectivity index is 1.83. The SMILES string of the molecule is CC(C(=O)N1CC(CC(=O)O)CC12CCOCC2)c1cncc(F)c1. The maximum absolute atomic E-state index is 13.5. The highest BCUT2D eigenvalue weighted by molar-refractivity contribution is 5.84. The summed E-state index contributed by atoms with van der Waals surface area (Å²) in [5, 5.41) is 9.13. The van der Waals surface area contributed by atoms with E-state index in [4.69, 9.17) is 9.84 Å². The monoisotopic (exact) mass is 350 g/mol. The molecule has 2 aliphatic heterocycles. The molecule has 0 radical (unpaired) electrons. The Morgan fingerprint density at radius 1 is 1.44 bits per heavy atom. The van der Waals surface area contributed by atoms with E-state index in [1.165, 1.54) is 12.3 Å². The molecule has 0 saturated carbocycles. The zero-order valence-electron chi connectivity index (χ0n) is 14.3. The number of pyridine rings is 1. The number of hydrogen-bond donors (Lipinski definition) is 1. The fraction of sp³-hybridized carbons (Fsp3) is 0.611. The fourth-order valence-electron chi connectivity index (χ4n) is 4.14. The Bertz CT molecular complexity index is 660. The summed E-state index contributed by atoms with van der Waals surface area (Å²) in [5.74, 6) is -1.99. The van der Waals surface area contributed by atoms with Gasteiger partial charge in [-0.2, -0.15) is 0 Å². The number of rotatable bonds is 4. The number of likely N-dealkylation sites (tertiary alicyclic amines) is 1. The van der Waals surface area contributed by atoms with Gasteiger partial charge in [0.2, 0.25) is 5.91 Å². The van der Waals surface area contributed by atoms with Crippen LogP contribution in [0.15, 0.2) is 18.5 Å². The highest BCUT2D eigenvalue weighted by Gasteiger charge is 2.49. The molecular formula is C18H23FN2O4. The first-order valence-electron chi connectivity index (χ1n) is 8.63. The number of halogens is 1. The molecule has 136 valence electrons. The molecule has 2 atom stereocenters. The highest BCUT2D eigenvalue weighted by atomic mass is 19.1. The van der Waals surface area contributed by atoms with Crippen molar-refractivity contribution in [2.24, 2.45) is 5.92 Å². The summed E-state index contributed by atoms with van der Waals surface area (Å²) in [6.07, 6.45) is 4.78. The predicted molar refractivity (Wildman–Crippen MR) is 87.5 cm³/mol. The third-order valence-corrected chi connectivity index (χ3v) is 5.43. The van der Waals surface area contributed by atoms with Crippen LogP contribution in [0.3, 0.4) is 0 Å². The van der Waals surface area contributed by atoms with Crippen LogP contribution in [0.2, 0.25) is 0 Å². The van der Waals surface area contributed by atoms with Crippen LogP contribution < -0.4 is 0 Å². The lowest BCUT2D eigenvalue weighted by molar-refractivity contribution is -0.141. The van der Waals surface area contributed by atoms with E-state index in [1.54, 1.807) is 6.92 Å². The lowest BCUT2D eigenvalue weighted by atomic mass is 9.83. The molecule has 0 aromatic carbocycles. The maximum atomic E-state index is 13.5. The third kappa shape index (κ3) is 3.66. The normalized spacial score (nSPS) is 23.6. The Kier molecular flexibility index (Phi) is 5.03. The molecule has 0 bridgehead atoms. The van der Waals surface area contributed by atoms with Gasteiger partial charge in [-0.05, 0) is 43.7 Å². The van der Waals surface area contributed by atoms with Gasteiger partial charge in [-0.15, -0.1) is 0 Å². The summed E-state index contributed by atoms with van der Waals surface area (Å²) in [7, 11) is 0. The van der Waals surface area contributed by atoms with E-state index in [9.17, 15) is 14.0 Å². The molecule has 1 aromatic heterocycles. The van der Waals surface area contributed by atoms with Crippen LogP contribution >= 0.6 is 0 Å². The summed E-state index contributed by atoms with van der Waals surface area (Å²) in [5.41, 5.74) is 0.193. The summed E-state index contributed by atoms with van der Waals surface area (Å²) in [6, 6.07) is 1.33. The number of aliphatic carboxylic acids is 1. The molecule has 2 unspecified atom stereocenters. The van der Waals surface area contributed by atoms with Crippen molar-refractivity contribution in [1.82, 2.24) is 9.88 Å². The van der Waals surface area contributed by atoms with Gasteiger partial charge in [0.1, 0.15) is 5.82 Å². The number of carboxylic acids is 1. The molecule has 25 heavy (non-hydrogen) atoms. The molecule has 1 amide bonds. The van der Waals surface area contributed by atoms with Gasteiger partial charge in [0.15, 0.2) is 0 Å². The van der Waals surface area contributed by atoms with E-state index >= 15 is 0 Å². The van der Waals surface area contributed by atoms with E-state index < -0.39 is 17.7 Å². The molecule has 0 aliphatic carbocycles. The van der Waals surface area contributed by atoms with Gasteiger partial charge in [-0.25, -0.2) is 4.39 Å². The number of amides is 1. The number of nitrogens with zero attached hydrogens (tertiary/aromatic N) is 2. The Labute approximate surface area is 146 Å². The maximum Gasteiger partial charge on any atom is 0.303 e. The average molecular weight is 350 g/mol. The molecule has 7 heteroatoms. The largest absolute Gasteiger partial charge is 0.481 e. The standard InChI is InChI=1S/C18H23FN2O4/c1-12(14-7-15(19)10-20-9-14)17(24)21-11-13(6-16(22)23)8-18(21)2-4-25-5-3-18/h7,9-10,12-13H,2-6,8,11H2,1H3,(H,22,23). The highest BCUT2D eigenvalue weighted by Crippen LogP contribution is 2.43. The van der Waals surface area contributed by atoms with Crippen molar-refractivity contribution in [3.05, 3.63) is 29.8 Å². The van der Waals surface area contributed by atoms with Crippen molar-refractivity contribution in [2.45, 2.75) is 44.1 Å². The predicted octanol–water partition coefficient (Wildman–Crippen LogP) is 2.20. The van der Waals surface area contributed by atoms with Gasteiger partial charge >= 0.3 is 5.97 Å². The first-order valence-corrected chi connectivity index (χ1v) is 8.63. The molecule has 2 aliphatic rings. The van der Waals surface area contributed by atoms with Crippen molar-refractivity contribution in [3.8, 4) is 0 Å². The number of ether oxygens (including phenoxy) is 1. The van der Waals surface area contributed by atoms with Crippen LogP contribution in [0.4, 0.5) is 4.39 Å². The van der Waals surface area contributed by atoms with Gasteiger partial charge in [0.25, 0.3) is 0 Å². The quantitative estimate of drug-likeness (QED) is 0.900. The second-order valence-electron chi connectivity index (χ2n) is 7.11. The van der Waals surface area contributed by atoms with Gasteiger partial charge in [-0.3, -0.25) is 14.6 Å². The second kappa shape index (κ2) is 7.07. The van der Waals surface area contributed by atoms with Gasteiger partial charge < -0.3 is 14.7 Å². The number of carbonyl (C=O) groups excluding carboxylic acids is 1. The van der Waals surface area contributed by atoms with E-state index in [-0.39, 0.29) is 23.8 Å². The van der Waals surface area contributed by atoms with Crippen LogP contribution in [0.25, 0.3) is 0 Å². The number of aromatic nitrogens is 1. The zero-order chi connectivity index (χ0) is 18.0. The smallest absolute Gasteiger partial charge is 0.303 e. The van der Waals surface area contributed by atoms with Crippen molar-refractivity contribution in [3.63, 3.8) is 0 Å². The van der Waals surface area contributed by atoms with Crippen molar-refractivity contribution >= 4 is 11.9 Å². The topological polar surface area (TPSA) is 79.7 Å². The van der Waals surface area contributed by atoms with Crippen LogP contribution in [0.1, 0.15) is 44.1 Å². The van der Waals surface area contributed by atoms with E-state index in [0.29, 0.717) is 44.6 Å². The van der Waals surface area contributed by atoms with Gasteiger partial charge in [0, 0.05) is 37.9 Å². The summed E-state index contributed by atoms with van der Waals surface area (Å²) >= 11 is 0. The average Bonchev–Trinajstić information content (AvgIpc) is 2.90. The number of carboxylic acid groups (broad SMARTS) is 1. The number of hydrogen-bond acceptors (Lipinski definition) is 4. The minimum atomic E-state index is -0.844. The molecule has 1 aromatic rings. The molecule has 2 fully saturated rings. The third-order valence-electron chi connectivity index (χ3n) is 5.43. The molecule has 3 rings (SSSR count). The zero-order valence-corrected chi connectivity index (χ0v) is 14.3. The van der Waals surface area contributed by atoms with E-state index in [0.717, 1.165) is 6.20 Å². The van der Waals surface area contributed by atoms with Crippen LogP contribution in [-0.4, -0.2) is 52.2 Å². The summed E-state index contributed by atoms with van der Waals surface area (Å²) < 4.78 is 18.9.